The highest BCUT2D eigenvalue weighted by atomic mass is 16.4. The smallest absolute Gasteiger partial charge is 0.328 e. The Hall–Kier alpha value is -3.06. The molecule has 5 atom stereocenters. The van der Waals surface area contributed by atoms with Crippen LogP contribution in [0.25, 0.3) is 0 Å². The number of benzene rings is 1. The van der Waals surface area contributed by atoms with Crippen LogP contribution in [0.15, 0.2) is 30.3 Å². The molecule has 0 saturated carbocycles. The number of carbonyl (C=O) groups is 4. The van der Waals surface area contributed by atoms with E-state index in [0.29, 0.717) is 19.4 Å². The van der Waals surface area contributed by atoms with Crippen molar-refractivity contribution in [3.8, 4) is 0 Å². The Morgan fingerprint density at radius 2 is 1.56 bits per heavy atom. The predicted octanol–water partition coefficient (Wildman–Crippen LogP) is -2.40. The number of nitrogens with two attached hydrogens (primary N) is 2. The van der Waals surface area contributed by atoms with E-state index in [-0.39, 0.29) is 12.8 Å². The summed E-state index contributed by atoms with van der Waals surface area (Å²) < 4.78 is 0. The summed E-state index contributed by atoms with van der Waals surface area (Å²) in [5.41, 5.74) is 12.4. The second-order valence-corrected chi connectivity index (χ2v) is 7.95. The first-order valence-electron chi connectivity index (χ1n) is 11.0. The highest BCUT2D eigenvalue weighted by molar-refractivity contribution is 5.94. The van der Waals surface area contributed by atoms with Crippen molar-refractivity contribution in [3.63, 3.8) is 0 Å². The maximum atomic E-state index is 12.9. The highest BCUT2D eigenvalue weighted by Gasteiger charge is 2.32. The van der Waals surface area contributed by atoms with Crippen LogP contribution in [0.1, 0.15) is 31.7 Å². The standard InChI is InChI=1S/C22H35N5O7/c1-13(29)18(21(32)26-17(12-28)22(33)34)27-20(31)16(9-5-6-10-23)25-19(30)15(24)11-14-7-3-2-4-8-14/h2-4,7-8,13,15-18,28-29H,5-6,9-12,23-24H2,1H3,(H,25,30)(H,26,32)(H,27,31)(H,33,34). The number of aliphatic hydroxyl groups is 2. The summed E-state index contributed by atoms with van der Waals surface area (Å²) in [5.74, 6) is -3.81. The maximum Gasteiger partial charge on any atom is 0.328 e. The van der Waals surface area contributed by atoms with Crippen molar-refractivity contribution in [2.75, 3.05) is 13.2 Å². The van der Waals surface area contributed by atoms with Gasteiger partial charge in [-0.3, -0.25) is 14.4 Å². The first-order chi connectivity index (χ1) is 16.1. The third-order valence-electron chi connectivity index (χ3n) is 5.07. The molecular formula is C22H35N5O7. The minimum absolute atomic E-state index is 0.204. The Kier molecular flexibility index (Phi) is 12.7. The molecule has 0 heterocycles. The van der Waals surface area contributed by atoms with Crippen molar-refractivity contribution >= 4 is 23.7 Å². The normalized spacial score (nSPS) is 15.3. The number of amides is 3. The molecule has 0 saturated heterocycles. The van der Waals surface area contributed by atoms with Gasteiger partial charge in [0.1, 0.15) is 18.1 Å². The quantitative estimate of drug-likeness (QED) is 0.125. The number of carboxylic acids is 1. The average Bonchev–Trinajstić information content (AvgIpc) is 2.80. The van der Waals surface area contributed by atoms with Gasteiger partial charge >= 0.3 is 5.97 Å². The molecule has 0 aromatic heterocycles. The molecule has 190 valence electrons. The van der Waals surface area contributed by atoms with E-state index in [2.05, 4.69) is 10.6 Å². The number of rotatable bonds is 15. The summed E-state index contributed by atoms with van der Waals surface area (Å²) in [7, 11) is 0. The molecule has 0 spiro atoms. The number of unbranched alkanes of at least 4 members (excludes halogenated alkanes) is 1. The van der Waals surface area contributed by atoms with E-state index in [1.54, 1.807) is 0 Å². The van der Waals surface area contributed by atoms with E-state index in [9.17, 15) is 24.3 Å². The van der Waals surface area contributed by atoms with Crippen LogP contribution >= 0.6 is 0 Å². The van der Waals surface area contributed by atoms with Gasteiger partial charge in [0.15, 0.2) is 0 Å². The molecule has 1 aromatic carbocycles. The molecule has 1 rings (SSSR count). The summed E-state index contributed by atoms with van der Waals surface area (Å²) in [4.78, 5) is 49.0. The predicted molar refractivity (Wildman–Crippen MR) is 123 cm³/mol. The van der Waals surface area contributed by atoms with Gasteiger partial charge in [-0.05, 0) is 44.7 Å². The summed E-state index contributed by atoms with van der Waals surface area (Å²) in [6.07, 6.45) is 0.153. The summed E-state index contributed by atoms with van der Waals surface area (Å²) in [6.45, 7) is 0.738. The number of hydrogen-bond acceptors (Lipinski definition) is 8. The highest BCUT2D eigenvalue weighted by Crippen LogP contribution is 2.06. The van der Waals surface area contributed by atoms with Crippen molar-refractivity contribution in [3.05, 3.63) is 35.9 Å². The maximum absolute atomic E-state index is 12.9. The Bertz CT molecular complexity index is 806. The van der Waals surface area contributed by atoms with E-state index < -0.39 is 60.6 Å². The van der Waals surface area contributed by atoms with Crippen molar-refractivity contribution in [2.24, 2.45) is 11.5 Å². The lowest BCUT2D eigenvalue weighted by Gasteiger charge is -2.26. The molecule has 0 bridgehead atoms. The van der Waals surface area contributed by atoms with Crippen molar-refractivity contribution in [1.29, 1.82) is 0 Å². The third-order valence-corrected chi connectivity index (χ3v) is 5.07. The molecule has 5 unspecified atom stereocenters. The third kappa shape index (κ3) is 9.83. The van der Waals surface area contributed by atoms with Crippen LogP contribution in [-0.4, -0.2) is 82.4 Å². The number of carbonyl (C=O) groups excluding carboxylic acids is 3. The molecule has 1 aromatic rings. The van der Waals surface area contributed by atoms with Crippen LogP contribution < -0.4 is 27.4 Å². The summed E-state index contributed by atoms with van der Waals surface area (Å²) >= 11 is 0. The van der Waals surface area contributed by atoms with Crippen LogP contribution in [-0.2, 0) is 25.6 Å². The molecular weight excluding hydrogens is 446 g/mol. The number of carboxylic acid groups (broad SMARTS) is 1. The zero-order valence-corrected chi connectivity index (χ0v) is 19.1. The van der Waals surface area contributed by atoms with Crippen LogP contribution in [0, 0.1) is 0 Å². The van der Waals surface area contributed by atoms with E-state index in [1.807, 2.05) is 35.6 Å². The fourth-order valence-corrected chi connectivity index (χ4v) is 3.11. The van der Waals surface area contributed by atoms with Crippen LogP contribution in [0.5, 0.6) is 0 Å². The molecule has 0 aliphatic heterocycles. The van der Waals surface area contributed by atoms with Gasteiger partial charge in [0.2, 0.25) is 17.7 Å². The number of aliphatic hydroxyl groups excluding tert-OH is 2. The first-order valence-corrected chi connectivity index (χ1v) is 11.0. The lowest BCUT2D eigenvalue weighted by molar-refractivity contribution is -0.144. The van der Waals surface area contributed by atoms with Gasteiger partial charge < -0.3 is 42.7 Å². The Balaban J connectivity index is 2.89. The van der Waals surface area contributed by atoms with E-state index in [0.717, 1.165) is 5.56 Å². The van der Waals surface area contributed by atoms with Crippen molar-refractivity contribution < 1.29 is 34.5 Å². The van der Waals surface area contributed by atoms with E-state index in [1.165, 1.54) is 6.92 Å². The fourth-order valence-electron chi connectivity index (χ4n) is 3.11. The monoisotopic (exact) mass is 481 g/mol. The van der Waals surface area contributed by atoms with Crippen LogP contribution in [0.4, 0.5) is 0 Å². The molecule has 34 heavy (non-hydrogen) atoms. The molecule has 10 N–H and O–H groups in total. The van der Waals surface area contributed by atoms with Crippen molar-refractivity contribution in [2.45, 2.75) is 62.9 Å². The Morgan fingerprint density at radius 1 is 0.941 bits per heavy atom. The van der Waals surface area contributed by atoms with E-state index in [4.69, 9.17) is 21.7 Å². The van der Waals surface area contributed by atoms with Gasteiger partial charge in [-0.25, -0.2) is 4.79 Å². The Morgan fingerprint density at radius 3 is 2.09 bits per heavy atom. The SMILES string of the molecule is CC(O)C(NC(=O)C(CCCCN)NC(=O)C(N)Cc1ccccc1)C(=O)NC(CO)C(=O)O. The van der Waals surface area contributed by atoms with Crippen molar-refractivity contribution in [1.82, 2.24) is 16.0 Å². The van der Waals surface area contributed by atoms with Gasteiger partial charge in [-0.1, -0.05) is 30.3 Å². The lowest BCUT2D eigenvalue weighted by Crippen LogP contribution is -2.60. The zero-order valence-electron chi connectivity index (χ0n) is 19.1. The lowest BCUT2D eigenvalue weighted by atomic mass is 10.0. The molecule has 12 nitrogen and oxygen atoms in total. The van der Waals surface area contributed by atoms with Gasteiger partial charge in [-0.15, -0.1) is 0 Å². The largest absolute Gasteiger partial charge is 0.480 e. The number of nitrogens with one attached hydrogen (secondary N) is 3. The van der Waals surface area contributed by atoms with Gasteiger partial charge in [-0.2, -0.15) is 0 Å². The zero-order chi connectivity index (χ0) is 25.7. The van der Waals surface area contributed by atoms with Crippen LogP contribution in [0.2, 0.25) is 0 Å². The average molecular weight is 482 g/mol. The molecule has 0 aliphatic carbocycles. The summed E-state index contributed by atoms with van der Waals surface area (Å²) in [6, 6.07) is 3.98. The Labute approximate surface area is 198 Å². The van der Waals surface area contributed by atoms with Gasteiger partial charge in [0, 0.05) is 0 Å². The topological polar surface area (TPSA) is 217 Å². The molecule has 0 radical (unpaired) electrons. The van der Waals surface area contributed by atoms with Gasteiger partial charge in [0.25, 0.3) is 0 Å². The van der Waals surface area contributed by atoms with E-state index >= 15 is 0 Å². The molecule has 3 amide bonds. The first kappa shape index (κ1) is 29.0. The minimum atomic E-state index is -1.61. The fraction of sp³-hybridized carbons (Fsp3) is 0.545. The number of aliphatic carboxylic acids is 1. The number of hydrogen-bond donors (Lipinski definition) is 8. The second-order valence-electron chi connectivity index (χ2n) is 7.95. The minimum Gasteiger partial charge on any atom is -0.480 e. The summed E-state index contributed by atoms with van der Waals surface area (Å²) in [5, 5.41) is 35.0. The van der Waals surface area contributed by atoms with Gasteiger partial charge in [0.05, 0.1) is 18.8 Å². The van der Waals surface area contributed by atoms with Crippen LogP contribution in [0.3, 0.4) is 0 Å². The molecule has 0 aliphatic rings. The molecule has 12 heteroatoms. The second kappa shape index (κ2) is 15.0. The molecule has 0 fully saturated rings.